The summed E-state index contributed by atoms with van der Waals surface area (Å²) in [6.45, 7) is 4.33. The molecule has 0 radical (unpaired) electrons. The largest absolute Gasteiger partial charge is 0.382 e. The smallest absolute Gasteiger partial charge is 0.107 e. The Morgan fingerprint density at radius 1 is 1.14 bits per heavy atom. The standard InChI is InChI=1S/C12H18FN/c1-3-10-6-5-7-11(4-2)12(10)14-9-8-13/h5-7,14H,3-4,8-9H2,1-2H3. The maximum absolute atomic E-state index is 12.1. The number of hydrogen-bond donors (Lipinski definition) is 1. The van der Waals surface area contributed by atoms with Crippen LogP contribution in [0.25, 0.3) is 0 Å². The number of hydrogen-bond acceptors (Lipinski definition) is 1. The first-order chi connectivity index (χ1) is 6.83. The van der Waals surface area contributed by atoms with Gasteiger partial charge in [-0.05, 0) is 24.0 Å². The summed E-state index contributed by atoms with van der Waals surface area (Å²) in [7, 11) is 0. The monoisotopic (exact) mass is 195 g/mol. The Labute approximate surface area is 85.3 Å². The van der Waals surface area contributed by atoms with Crippen LogP contribution >= 0.6 is 0 Å². The van der Waals surface area contributed by atoms with E-state index >= 15 is 0 Å². The first-order valence-electron chi connectivity index (χ1n) is 5.24. The van der Waals surface area contributed by atoms with Gasteiger partial charge >= 0.3 is 0 Å². The van der Waals surface area contributed by atoms with Crippen molar-refractivity contribution in [2.24, 2.45) is 0 Å². The van der Waals surface area contributed by atoms with Crippen LogP contribution in [-0.2, 0) is 12.8 Å². The lowest BCUT2D eigenvalue weighted by Crippen LogP contribution is -2.07. The number of halogens is 1. The van der Waals surface area contributed by atoms with Crippen LogP contribution in [-0.4, -0.2) is 13.2 Å². The van der Waals surface area contributed by atoms with Crippen LogP contribution in [0.1, 0.15) is 25.0 Å². The van der Waals surface area contributed by atoms with Crippen molar-refractivity contribution >= 4 is 5.69 Å². The van der Waals surface area contributed by atoms with Gasteiger partial charge < -0.3 is 5.32 Å². The molecular weight excluding hydrogens is 177 g/mol. The number of rotatable bonds is 5. The van der Waals surface area contributed by atoms with Crippen LogP contribution in [0, 0.1) is 0 Å². The molecule has 1 nitrogen and oxygen atoms in total. The first-order valence-corrected chi connectivity index (χ1v) is 5.24. The molecule has 0 atom stereocenters. The second-order valence-electron chi connectivity index (χ2n) is 3.27. The number of aryl methyl sites for hydroxylation is 2. The molecule has 0 unspecified atom stereocenters. The summed E-state index contributed by atoms with van der Waals surface area (Å²) >= 11 is 0. The molecule has 0 amide bonds. The van der Waals surface area contributed by atoms with E-state index in [1.807, 2.05) is 0 Å². The molecule has 0 fully saturated rings. The van der Waals surface area contributed by atoms with Gasteiger partial charge in [-0.2, -0.15) is 0 Å². The molecule has 0 aliphatic carbocycles. The molecule has 0 aromatic heterocycles. The molecule has 1 rings (SSSR count). The van der Waals surface area contributed by atoms with Crippen molar-refractivity contribution in [3.63, 3.8) is 0 Å². The van der Waals surface area contributed by atoms with Crippen molar-refractivity contribution in [2.75, 3.05) is 18.5 Å². The second-order valence-corrected chi connectivity index (χ2v) is 3.27. The summed E-state index contributed by atoms with van der Waals surface area (Å²) < 4.78 is 12.1. The summed E-state index contributed by atoms with van der Waals surface area (Å²) in [4.78, 5) is 0. The van der Waals surface area contributed by atoms with E-state index in [-0.39, 0.29) is 6.67 Å². The summed E-state index contributed by atoms with van der Waals surface area (Å²) in [5.41, 5.74) is 3.69. The zero-order valence-electron chi connectivity index (χ0n) is 8.94. The molecule has 0 heterocycles. The third-order valence-corrected chi connectivity index (χ3v) is 2.40. The van der Waals surface area contributed by atoms with Gasteiger partial charge in [-0.1, -0.05) is 32.0 Å². The Hall–Kier alpha value is -1.05. The molecule has 1 aromatic rings. The van der Waals surface area contributed by atoms with Crippen LogP contribution in [0.3, 0.4) is 0 Å². The zero-order valence-corrected chi connectivity index (χ0v) is 8.94. The molecule has 0 spiro atoms. The molecule has 78 valence electrons. The van der Waals surface area contributed by atoms with Gasteiger partial charge in [-0.25, -0.2) is 4.39 Å². The molecule has 1 N–H and O–H groups in total. The number of anilines is 1. The molecule has 14 heavy (non-hydrogen) atoms. The second kappa shape index (κ2) is 5.63. The summed E-state index contributed by atoms with van der Waals surface area (Å²) in [6, 6.07) is 6.26. The Balaban J connectivity index is 2.93. The van der Waals surface area contributed by atoms with Gasteiger partial charge in [-0.3, -0.25) is 0 Å². The van der Waals surface area contributed by atoms with Crippen molar-refractivity contribution < 1.29 is 4.39 Å². The minimum Gasteiger partial charge on any atom is -0.382 e. The van der Waals surface area contributed by atoms with Crippen LogP contribution in [0.4, 0.5) is 10.1 Å². The van der Waals surface area contributed by atoms with Crippen LogP contribution in [0.15, 0.2) is 18.2 Å². The Morgan fingerprint density at radius 3 is 2.14 bits per heavy atom. The predicted octanol–water partition coefficient (Wildman–Crippen LogP) is 3.19. The minimum atomic E-state index is -0.318. The number of alkyl halides is 1. The van der Waals surface area contributed by atoms with Gasteiger partial charge in [0.15, 0.2) is 0 Å². The number of benzene rings is 1. The zero-order chi connectivity index (χ0) is 10.4. The van der Waals surface area contributed by atoms with Crippen molar-refractivity contribution in [3.05, 3.63) is 29.3 Å². The Morgan fingerprint density at radius 2 is 1.71 bits per heavy atom. The van der Waals surface area contributed by atoms with E-state index in [4.69, 9.17) is 0 Å². The lowest BCUT2D eigenvalue weighted by atomic mass is 10.0. The van der Waals surface area contributed by atoms with Crippen LogP contribution in [0.2, 0.25) is 0 Å². The molecule has 0 aliphatic rings. The lowest BCUT2D eigenvalue weighted by molar-refractivity contribution is 0.512. The average Bonchev–Trinajstić information content (AvgIpc) is 2.25. The lowest BCUT2D eigenvalue weighted by Gasteiger charge is -2.14. The Kier molecular flexibility index (Phi) is 4.44. The molecule has 0 aliphatic heterocycles. The molecular formula is C12H18FN. The quantitative estimate of drug-likeness (QED) is 0.760. The number of para-hydroxylation sites is 1. The minimum absolute atomic E-state index is 0.318. The van der Waals surface area contributed by atoms with E-state index in [1.165, 1.54) is 11.1 Å². The molecule has 1 aromatic carbocycles. The van der Waals surface area contributed by atoms with Gasteiger partial charge in [0.05, 0.1) is 0 Å². The van der Waals surface area contributed by atoms with Gasteiger partial charge in [0, 0.05) is 12.2 Å². The summed E-state index contributed by atoms with van der Waals surface area (Å²) in [5.74, 6) is 0. The fourth-order valence-corrected chi connectivity index (χ4v) is 1.64. The first kappa shape index (κ1) is 11.0. The highest BCUT2D eigenvalue weighted by molar-refractivity contribution is 5.57. The SMILES string of the molecule is CCc1cccc(CC)c1NCCF. The van der Waals surface area contributed by atoms with Crippen LogP contribution in [0.5, 0.6) is 0 Å². The van der Waals surface area contributed by atoms with Crippen molar-refractivity contribution in [1.82, 2.24) is 0 Å². The van der Waals surface area contributed by atoms with Gasteiger partial charge in [0.25, 0.3) is 0 Å². The third-order valence-electron chi connectivity index (χ3n) is 2.40. The van der Waals surface area contributed by atoms with Crippen molar-refractivity contribution in [2.45, 2.75) is 26.7 Å². The third kappa shape index (κ3) is 2.47. The predicted molar refractivity (Wildman–Crippen MR) is 59.7 cm³/mol. The Bertz CT molecular complexity index is 261. The summed E-state index contributed by atoms with van der Waals surface area (Å²) in [5, 5.41) is 3.16. The molecule has 0 saturated heterocycles. The maximum atomic E-state index is 12.1. The van der Waals surface area contributed by atoms with E-state index in [0.717, 1.165) is 18.5 Å². The normalized spacial score (nSPS) is 10.2. The molecule has 0 saturated carbocycles. The van der Waals surface area contributed by atoms with Gasteiger partial charge in [-0.15, -0.1) is 0 Å². The fraction of sp³-hybridized carbons (Fsp3) is 0.500. The molecule has 0 bridgehead atoms. The van der Waals surface area contributed by atoms with Crippen molar-refractivity contribution in [3.8, 4) is 0 Å². The highest BCUT2D eigenvalue weighted by atomic mass is 19.1. The van der Waals surface area contributed by atoms with Crippen molar-refractivity contribution in [1.29, 1.82) is 0 Å². The van der Waals surface area contributed by atoms with E-state index in [1.54, 1.807) is 0 Å². The highest BCUT2D eigenvalue weighted by Gasteiger charge is 2.04. The summed E-state index contributed by atoms with van der Waals surface area (Å²) in [6.07, 6.45) is 1.98. The average molecular weight is 195 g/mol. The van der Waals surface area contributed by atoms with E-state index in [0.29, 0.717) is 6.54 Å². The molecule has 2 heteroatoms. The van der Waals surface area contributed by atoms with E-state index in [2.05, 4.69) is 37.4 Å². The van der Waals surface area contributed by atoms with E-state index < -0.39 is 0 Å². The van der Waals surface area contributed by atoms with Gasteiger partial charge in [0.1, 0.15) is 6.67 Å². The van der Waals surface area contributed by atoms with Crippen LogP contribution < -0.4 is 5.32 Å². The fourth-order valence-electron chi connectivity index (χ4n) is 1.64. The topological polar surface area (TPSA) is 12.0 Å². The maximum Gasteiger partial charge on any atom is 0.107 e. The van der Waals surface area contributed by atoms with E-state index in [9.17, 15) is 4.39 Å². The number of nitrogens with one attached hydrogen (secondary N) is 1. The highest BCUT2D eigenvalue weighted by Crippen LogP contribution is 2.22. The van der Waals surface area contributed by atoms with Gasteiger partial charge in [0.2, 0.25) is 0 Å².